The lowest BCUT2D eigenvalue weighted by Gasteiger charge is -2.20. The minimum atomic E-state index is -0.470. The predicted octanol–water partition coefficient (Wildman–Crippen LogP) is 4.14. The summed E-state index contributed by atoms with van der Waals surface area (Å²) in [5, 5.41) is 10.3. The van der Waals surface area contributed by atoms with E-state index >= 15 is 0 Å². The van der Waals surface area contributed by atoms with Gasteiger partial charge in [0.05, 0.1) is 29.2 Å². The number of aryl methyl sites for hydroxylation is 1. The van der Waals surface area contributed by atoms with E-state index in [1.807, 2.05) is 38.1 Å². The van der Waals surface area contributed by atoms with Crippen LogP contribution in [0.2, 0.25) is 0 Å². The highest BCUT2D eigenvalue weighted by Crippen LogP contribution is 2.20. The van der Waals surface area contributed by atoms with Crippen LogP contribution in [0, 0.1) is 19.8 Å². The molecule has 1 heterocycles. The molecule has 1 atom stereocenters. The molecular weight excluding hydrogens is 436 g/mol. The zero-order valence-electron chi connectivity index (χ0n) is 17.6. The third-order valence-electron chi connectivity index (χ3n) is 4.45. The Morgan fingerprint density at radius 3 is 2.45 bits per heavy atom. The Kier molecular flexibility index (Phi) is 8.25. The molecule has 2 N–H and O–H groups in total. The van der Waals surface area contributed by atoms with Crippen LogP contribution in [0.1, 0.15) is 48.9 Å². The van der Waals surface area contributed by atoms with Crippen molar-refractivity contribution < 1.29 is 14.3 Å². The fraction of sp³-hybridized carbons (Fsp3) is 0.476. The maximum atomic E-state index is 12.9. The quantitative estimate of drug-likeness (QED) is 0.614. The molecule has 158 valence electrons. The Morgan fingerprint density at radius 2 is 1.86 bits per heavy atom. The molecule has 8 heteroatoms. The minimum Gasteiger partial charge on any atom is -0.450 e. The lowest BCUT2D eigenvalue weighted by molar-refractivity contribution is 0.0943. The number of benzene rings is 1. The highest BCUT2D eigenvalue weighted by Gasteiger charge is 2.21. The number of nitrogens with one attached hydrogen (secondary N) is 2. The molecule has 0 aliphatic heterocycles. The Morgan fingerprint density at radius 1 is 1.21 bits per heavy atom. The van der Waals surface area contributed by atoms with E-state index in [4.69, 9.17) is 4.74 Å². The molecule has 1 aromatic heterocycles. The number of hydrogen-bond donors (Lipinski definition) is 2. The van der Waals surface area contributed by atoms with Gasteiger partial charge in [-0.3, -0.25) is 4.79 Å². The van der Waals surface area contributed by atoms with Crippen LogP contribution < -0.4 is 10.6 Å². The fourth-order valence-electron chi connectivity index (χ4n) is 3.21. The largest absolute Gasteiger partial charge is 0.450 e. The van der Waals surface area contributed by atoms with Gasteiger partial charge in [-0.15, -0.1) is 0 Å². The summed E-state index contributed by atoms with van der Waals surface area (Å²) in [7, 11) is 0. The molecule has 0 unspecified atom stereocenters. The second kappa shape index (κ2) is 10.4. The summed E-state index contributed by atoms with van der Waals surface area (Å²) in [6.45, 7) is 10.2. The number of carbonyl (C=O) groups excluding carboxylic acids is 2. The third kappa shape index (κ3) is 6.32. The number of nitrogens with zero attached hydrogens (tertiary/aromatic N) is 2. The van der Waals surface area contributed by atoms with E-state index in [0.29, 0.717) is 30.3 Å². The first-order valence-corrected chi connectivity index (χ1v) is 10.6. The molecule has 0 spiro atoms. The SMILES string of the molecule is CCOC(=O)N[C@H](CNC(=O)c1c(C)nn(-c2ccc(Br)cc2)c1C)CC(C)C. The van der Waals surface area contributed by atoms with Gasteiger partial charge in [0.25, 0.3) is 5.91 Å². The van der Waals surface area contributed by atoms with E-state index in [0.717, 1.165) is 22.3 Å². The van der Waals surface area contributed by atoms with Crippen molar-refractivity contribution in [3.05, 3.63) is 45.7 Å². The van der Waals surface area contributed by atoms with E-state index in [9.17, 15) is 9.59 Å². The lowest BCUT2D eigenvalue weighted by Crippen LogP contribution is -2.44. The molecule has 0 aliphatic carbocycles. The molecule has 29 heavy (non-hydrogen) atoms. The van der Waals surface area contributed by atoms with Crippen molar-refractivity contribution in [2.75, 3.05) is 13.2 Å². The van der Waals surface area contributed by atoms with Gasteiger partial charge in [-0.05, 0) is 57.4 Å². The van der Waals surface area contributed by atoms with Crippen molar-refractivity contribution in [3.63, 3.8) is 0 Å². The first-order chi connectivity index (χ1) is 13.7. The maximum absolute atomic E-state index is 12.9. The average Bonchev–Trinajstić information content (AvgIpc) is 2.94. The van der Waals surface area contributed by atoms with Crippen LogP contribution in [-0.2, 0) is 4.74 Å². The Bertz CT molecular complexity index is 846. The fourth-order valence-corrected chi connectivity index (χ4v) is 3.48. The molecule has 7 nitrogen and oxygen atoms in total. The Labute approximate surface area is 180 Å². The first kappa shape index (κ1) is 22.9. The summed E-state index contributed by atoms with van der Waals surface area (Å²) in [5.41, 5.74) is 2.85. The van der Waals surface area contributed by atoms with Crippen LogP contribution in [-0.4, -0.2) is 41.0 Å². The van der Waals surface area contributed by atoms with Gasteiger partial charge in [0.2, 0.25) is 0 Å². The van der Waals surface area contributed by atoms with Crippen molar-refractivity contribution in [1.29, 1.82) is 0 Å². The molecule has 0 aliphatic rings. The van der Waals surface area contributed by atoms with E-state index in [1.165, 1.54) is 0 Å². The van der Waals surface area contributed by atoms with Crippen molar-refractivity contribution >= 4 is 27.9 Å². The Hall–Kier alpha value is -2.35. The highest BCUT2D eigenvalue weighted by molar-refractivity contribution is 9.10. The van der Waals surface area contributed by atoms with Crippen LogP contribution in [0.25, 0.3) is 5.69 Å². The van der Waals surface area contributed by atoms with E-state index in [1.54, 1.807) is 11.6 Å². The van der Waals surface area contributed by atoms with Crippen LogP contribution in [0.4, 0.5) is 4.79 Å². The monoisotopic (exact) mass is 464 g/mol. The van der Waals surface area contributed by atoms with Gasteiger partial charge in [0.15, 0.2) is 0 Å². The van der Waals surface area contributed by atoms with Gasteiger partial charge in [0, 0.05) is 17.1 Å². The predicted molar refractivity (Wildman–Crippen MR) is 116 cm³/mol. The Balaban J connectivity index is 2.12. The van der Waals surface area contributed by atoms with Gasteiger partial charge in [-0.2, -0.15) is 5.10 Å². The molecule has 1 aromatic carbocycles. The zero-order valence-corrected chi connectivity index (χ0v) is 19.2. The molecule has 0 saturated carbocycles. The van der Waals surface area contributed by atoms with Gasteiger partial charge >= 0.3 is 6.09 Å². The number of carbonyl (C=O) groups is 2. The first-order valence-electron chi connectivity index (χ1n) is 9.76. The topological polar surface area (TPSA) is 85.2 Å². The number of rotatable bonds is 8. The van der Waals surface area contributed by atoms with Crippen LogP contribution in [0.5, 0.6) is 0 Å². The molecular formula is C21H29BrN4O3. The summed E-state index contributed by atoms with van der Waals surface area (Å²) < 4.78 is 7.71. The van der Waals surface area contributed by atoms with Gasteiger partial charge in [-0.1, -0.05) is 29.8 Å². The summed E-state index contributed by atoms with van der Waals surface area (Å²) in [6, 6.07) is 7.53. The maximum Gasteiger partial charge on any atom is 0.407 e. The number of aromatic nitrogens is 2. The van der Waals surface area contributed by atoms with E-state index < -0.39 is 6.09 Å². The van der Waals surface area contributed by atoms with Crippen LogP contribution in [0.15, 0.2) is 28.7 Å². The number of alkyl carbamates (subject to hydrolysis) is 1. The molecule has 2 aromatic rings. The van der Waals surface area contributed by atoms with Crippen molar-refractivity contribution in [2.45, 2.75) is 47.1 Å². The minimum absolute atomic E-state index is 0.206. The van der Waals surface area contributed by atoms with E-state index in [-0.39, 0.29) is 11.9 Å². The average molecular weight is 465 g/mol. The standard InChI is InChI=1S/C21H29BrN4O3/c1-6-29-21(28)24-17(11-13(2)3)12-23-20(27)19-14(4)25-26(15(19)5)18-9-7-16(22)8-10-18/h7-10,13,17H,6,11-12H2,1-5H3,(H,23,27)(H,24,28)/t17-/m0/s1. The smallest absolute Gasteiger partial charge is 0.407 e. The van der Waals surface area contributed by atoms with E-state index in [2.05, 4.69) is 45.5 Å². The van der Waals surface area contributed by atoms with Gasteiger partial charge in [0.1, 0.15) is 0 Å². The zero-order chi connectivity index (χ0) is 21.6. The summed E-state index contributed by atoms with van der Waals surface area (Å²) in [5.74, 6) is 0.158. The van der Waals surface area contributed by atoms with Gasteiger partial charge in [-0.25, -0.2) is 9.48 Å². The van der Waals surface area contributed by atoms with Crippen LogP contribution >= 0.6 is 15.9 Å². The lowest BCUT2D eigenvalue weighted by atomic mass is 10.0. The number of amides is 2. The second-order valence-corrected chi connectivity index (χ2v) is 8.25. The van der Waals surface area contributed by atoms with Crippen molar-refractivity contribution in [1.82, 2.24) is 20.4 Å². The molecule has 2 rings (SSSR count). The normalized spacial score (nSPS) is 12.0. The number of ether oxygens (including phenoxy) is 1. The van der Waals surface area contributed by atoms with Crippen LogP contribution in [0.3, 0.4) is 0 Å². The summed E-state index contributed by atoms with van der Waals surface area (Å²) in [6.07, 6.45) is 0.262. The number of hydrogen-bond acceptors (Lipinski definition) is 4. The second-order valence-electron chi connectivity index (χ2n) is 7.34. The van der Waals surface area contributed by atoms with Crippen molar-refractivity contribution in [3.8, 4) is 5.69 Å². The molecule has 0 radical (unpaired) electrons. The summed E-state index contributed by atoms with van der Waals surface area (Å²) >= 11 is 3.42. The molecule has 0 fully saturated rings. The molecule has 0 saturated heterocycles. The summed E-state index contributed by atoms with van der Waals surface area (Å²) in [4.78, 5) is 24.7. The number of halogens is 1. The molecule has 0 bridgehead atoms. The van der Waals surface area contributed by atoms with Gasteiger partial charge < -0.3 is 15.4 Å². The third-order valence-corrected chi connectivity index (χ3v) is 4.98. The van der Waals surface area contributed by atoms with Crippen molar-refractivity contribution in [2.24, 2.45) is 5.92 Å². The highest BCUT2D eigenvalue weighted by atomic mass is 79.9. The molecule has 2 amide bonds.